The molecule has 0 aliphatic rings. The number of sulfonamides is 1. The molecule has 0 aliphatic heterocycles. The number of halogens is 1. The zero-order valence-corrected chi connectivity index (χ0v) is 13.6. The van der Waals surface area contributed by atoms with Crippen LogP contribution in [0.2, 0.25) is 0 Å². The van der Waals surface area contributed by atoms with Gasteiger partial charge in [0.25, 0.3) is 0 Å². The lowest BCUT2D eigenvalue weighted by Gasteiger charge is -2.16. The Hall–Kier alpha value is -1.68. The first-order valence-corrected chi connectivity index (χ1v) is 8.48. The first-order valence-electron chi connectivity index (χ1n) is 6.21. The number of benzene rings is 2. The van der Waals surface area contributed by atoms with Crippen LogP contribution in [-0.2, 0) is 10.0 Å². The molecule has 2 aromatic rings. The van der Waals surface area contributed by atoms with Crippen molar-refractivity contribution in [3.05, 3.63) is 64.1 Å². The number of rotatable bonds is 4. The number of nitrogens with one attached hydrogen (secondary N) is 1. The van der Waals surface area contributed by atoms with Crippen molar-refractivity contribution in [2.45, 2.75) is 17.9 Å². The van der Waals surface area contributed by atoms with Gasteiger partial charge in [0.1, 0.15) is 0 Å². The fourth-order valence-electron chi connectivity index (χ4n) is 1.92. The number of hydrogen-bond acceptors (Lipinski definition) is 3. The van der Waals surface area contributed by atoms with Crippen LogP contribution in [0.4, 0.5) is 0 Å². The molecule has 0 bridgehead atoms. The highest BCUT2D eigenvalue weighted by Crippen LogP contribution is 2.24. The molecule has 0 fully saturated rings. The van der Waals surface area contributed by atoms with E-state index in [-0.39, 0.29) is 4.90 Å². The van der Waals surface area contributed by atoms with Gasteiger partial charge in [-0.3, -0.25) is 0 Å². The molecule has 6 heteroatoms. The molecule has 1 atom stereocenters. The van der Waals surface area contributed by atoms with Gasteiger partial charge >= 0.3 is 0 Å². The topological polar surface area (TPSA) is 70.0 Å². The average Bonchev–Trinajstić information content (AvgIpc) is 2.47. The van der Waals surface area contributed by atoms with Crippen molar-refractivity contribution in [2.24, 2.45) is 0 Å². The molecule has 0 saturated heterocycles. The summed E-state index contributed by atoms with van der Waals surface area (Å²) in [5.74, 6) is 0. The van der Waals surface area contributed by atoms with Gasteiger partial charge in [0.05, 0.1) is 16.5 Å². The van der Waals surface area contributed by atoms with Crippen LogP contribution in [0, 0.1) is 11.3 Å². The summed E-state index contributed by atoms with van der Waals surface area (Å²) in [4.78, 5) is 0.0838. The molecule has 4 nitrogen and oxygen atoms in total. The molecule has 0 heterocycles. The Morgan fingerprint density at radius 1 is 1.19 bits per heavy atom. The molecule has 0 aromatic heterocycles. The Bertz CT molecular complexity index is 797. The summed E-state index contributed by atoms with van der Waals surface area (Å²) in [7, 11) is -3.68. The van der Waals surface area contributed by atoms with Crippen molar-refractivity contribution >= 4 is 26.0 Å². The second-order valence-electron chi connectivity index (χ2n) is 4.50. The summed E-state index contributed by atoms with van der Waals surface area (Å²) in [5.41, 5.74) is 1.16. The van der Waals surface area contributed by atoms with Crippen LogP contribution in [0.5, 0.6) is 0 Å². The quantitative estimate of drug-likeness (QED) is 0.903. The van der Waals surface area contributed by atoms with Crippen LogP contribution in [0.25, 0.3) is 0 Å². The first-order chi connectivity index (χ1) is 9.94. The third-order valence-electron chi connectivity index (χ3n) is 2.98. The predicted octanol–water partition coefficient (Wildman–Crippen LogP) is 3.36. The molecule has 0 amide bonds. The molecular formula is C15H13BrN2O2S. The van der Waals surface area contributed by atoms with Gasteiger partial charge in [-0.25, -0.2) is 13.1 Å². The Kier molecular flexibility index (Phi) is 4.78. The van der Waals surface area contributed by atoms with Crippen LogP contribution >= 0.6 is 15.9 Å². The third-order valence-corrected chi connectivity index (χ3v) is 5.24. The second kappa shape index (κ2) is 6.39. The maximum absolute atomic E-state index is 12.4. The zero-order valence-electron chi connectivity index (χ0n) is 11.2. The van der Waals surface area contributed by atoms with Gasteiger partial charge < -0.3 is 0 Å². The van der Waals surface area contributed by atoms with Gasteiger partial charge in [-0.15, -0.1) is 0 Å². The fraction of sp³-hybridized carbons (Fsp3) is 0.133. The van der Waals surface area contributed by atoms with Gasteiger partial charge in [-0.2, -0.15) is 5.26 Å². The van der Waals surface area contributed by atoms with E-state index in [1.165, 1.54) is 12.1 Å². The van der Waals surface area contributed by atoms with E-state index in [4.69, 9.17) is 5.26 Å². The highest BCUT2D eigenvalue weighted by molar-refractivity contribution is 9.10. The lowest BCUT2D eigenvalue weighted by atomic mass is 10.1. The van der Waals surface area contributed by atoms with Gasteiger partial charge in [-0.05, 0) is 36.8 Å². The molecule has 21 heavy (non-hydrogen) atoms. The maximum Gasteiger partial charge on any atom is 0.241 e. The normalized spacial score (nSPS) is 12.6. The Labute approximate surface area is 132 Å². The van der Waals surface area contributed by atoms with Crippen LogP contribution in [0.1, 0.15) is 24.1 Å². The van der Waals surface area contributed by atoms with E-state index in [0.29, 0.717) is 5.56 Å². The van der Waals surface area contributed by atoms with Crippen LogP contribution in [0.3, 0.4) is 0 Å². The van der Waals surface area contributed by atoms with Crippen LogP contribution < -0.4 is 4.72 Å². The molecule has 2 aromatic carbocycles. The summed E-state index contributed by atoms with van der Waals surface area (Å²) in [6.07, 6.45) is 0. The lowest BCUT2D eigenvalue weighted by molar-refractivity contribution is 0.566. The Morgan fingerprint density at radius 2 is 1.90 bits per heavy atom. The maximum atomic E-state index is 12.4. The SMILES string of the molecule is C[C@H](NS(=O)(=O)c1cccc(C#N)c1)c1ccccc1Br. The third kappa shape index (κ3) is 3.70. The van der Waals surface area contributed by atoms with Crippen molar-refractivity contribution in [1.29, 1.82) is 5.26 Å². The van der Waals surface area contributed by atoms with Crippen molar-refractivity contribution < 1.29 is 8.42 Å². The summed E-state index contributed by atoms with van der Waals surface area (Å²) in [6.45, 7) is 1.77. The summed E-state index contributed by atoms with van der Waals surface area (Å²) < 4.78 is 28.2. The molecule has 2 rings (SSSR count). The minimum absolute atomic E-state index is 0.0838. The van der Waals surface area contributed by atoms with E-state index >= 15 is 0 Å². The van der Waals surface area contributed by atoms with Gasteiger partial charge in [0.15, 0.2) is 0 Å². The Balaban J connectivity index is 2.29. The fourth-order valence-corrected chi connectivity index (χ4v) is 3.82. The molecular weight excluding hydrogens is 352 g/mol. The van der Waals surface area contributed by atoms with Crippen molar-refractivity contribution in [3.63, 3.8) is 0 Å². The van der Waals surface area contributed by atoms with Gasteiger partial charge in [0, 0.05) is 10.5 Å². The smallest absolute Gasteiger partial charge is 0.207 e. The molecule has 0 saturated carbocycles. The molecule has 1 N–H and O–H groups in total. The minimum Gasteiger partial charge on any atom is -0.207 e. The highest BCUT2D eigenvalue weighted by atomic mass is 79.9. The van der Waals surface area contributed by atoms with Crippen LogP contribution in [-0.4, -0.2) is 8.42 Å². The van der Waals surface area contributed by atoms with Gasteiger partial charge in [0.2, 0.25) is 10.0 Å². The standard InChI is InChI=1S/C15H13BrN2O2S/c1-11(14-7-2-3-8-15(14)16)18-21(19,20)13-6-4-5-12(9-13)10-17/h2-9,11,18H,1H3/t11-/m0/s1. The van der Waals surface area contributed by atoms with E-state index in [9.17, 15) is 8.42 Å². The van der Waals surface area contributed by atoms with Crippen LogP contribution in [0.15, 0.2) is 57.9 Å². The van der Waals surface area contributed by atoms with Crippen molar-refractivity contribution in [2.75, 3.05) is 0 Å². The van der Waals surface area contributed by atoms with E-state index < -0.39 is 16.1 Å². The number of nitrogens with zero attached hydrogens (tertiary/aromatic N) is 1. The summed E-state index contributed by atoms with van der Waals surface area (Å²) >= 11 is 3.41. The minimum atomic E-state index is -3.68. The predicted molar refractivity (Wildman–Crippen MR) is 84.0 cm³/mol. The first kappa shape index (κ1) is 15.7. The largest absolute Gasteiger partial charge is 0.241 e. The van der Waals surface area contributed by atoms with Crippen molar-refractivity contribution in [3.8, 4) is 6.07 Å². The van der Waals surface area contributed by atoms with E-state index in [1.807, 2.05) is 30.3 Å². The van der Waals surface area contributed by atoms with E-state index in [0.717, 1.165) is 10.0 Å². The zero-order chi connectivity index (χ0) is 15.5. The monoisotopic (exact) mass is 364 g/mol. The van der Waals surface area contributed by atoms with E-state index in [2.05, 4.69) is 20.7 Å². The molecule has 0 unspecified atom stereocenters. The second-order valence-corrected chi connectivity index (χ2v) is 7.07. The highest BCUT2D eigenvalue weighted by Gasteiger charge is 2.19. The summed E-state index contributed by atoms with van der Waals surface area (Å²) in [6, 6.07) is 14.9. The van der Waals surface area contributed by atoms with E-state index in [1.54, 1.807) is 19.1 Å². The average molecular weight is 365 g/mol. The summed E-state index contributed by atoms with van der Waals surface area (Å²) in [5, 5.41) is 8.85. The lowest BCUT2D eigenvalue weighted by Crippen LogP contribution is -2.27. The molecule has 0 aliphatic carbocycles. The Morgan fingerprint density at radius 3 is 2.57 bits per heavy atom. The number of hydrogen-bond donors (Lipinski definition) is 1. The molecule has 108 valence electrons. The van der Waals surface area contributed by atoms with Gasteiger partial charge in [-0.1, -0.05) is 40.2 Å². The van der Waals surface area contributed by atoms with Crippen molar-refractivity contribution in [1.82, 2.24) is 4.72 Å². The molecule has 0 spiro atoms. The molecule has 0 radical (unpaired) electrons. The number of nitriles is 1.